The average molecular weight is 277 g/mol. The van der Waals surface area contributed by atoms with E-state index in [9.17, 15) is 0 Å². The number of hydrogen-bond acceptors (Lipinski definition) is 3. The molecule has 3 nitrogen and oxygen atoms in total. The summed E-state index contributed by atoms with van der Waals surface area (Å²) in [4.78, 5) is 7.02. The van der Waals surface area contributed by atoms with Crippen LogP contribution >= 0.6 is 0 Å². The van der Waals surface area contributed by atoms with E-state index >= 15 is 0 Å². The monoisotopic (exact) mass is 277 g/mol. The van der Waals surface area contributed by atoms with E-state index in [2.05, 4.69) is 49.7 Å². The van der Waals surface area contributed by atoms with Crippen LogP contribution in [0.2, 0.25) is 0 Å². The number of nitrogens with two attached hydrogens (primary N) is 1. The number of anilines is 1. The molecule has 0 amide bonds. The topological polar surface area (TPSA) is 42.1 Å². The maximum atomic E-state index is 5.99. The summed E-state index contributed by atoms with van der Waals surface area (Å²) in [6, 6.07) is 5.05. The molecule has 0 fully saturated rings. The van der Waals surface area contributed by atoms with Gasteiger partial charge in [0.2, 0.25) is 0 Å². The fourth-order valence-corrected chi connectivity index (χ4v) is 2.32. The molecule has 0 bridgehead atoms. The van der Waals surface area contributed by atoms with E-state index in [0.29, 0.717) is 6.04 Å². The van der Waals surface area contributed by atoms with Crippen molar-refractivity contribution >= 4 is 5.82 Å². The van der Waals surface area contributed by atoms with E-state index in [1.54, 1.807) is 0 Å². The minimum atomic E-state index is 0.244. The van der Waals surface area contributed by atoms with Crippen LogP contribution in [0.1, 0.15) is 58.9 Å². The molecule has 1 aromatic heterocycles. The van der Waals surface area contributed by atoms with Gasteiger partial charge in [-0.3, -0.25) is 0 Å². The van der Waals surface area contributed by atoms with Gasteiger partial charge in [0.1, 0.15) is 5.82 Å². The summed E-state index contributed by atoms with van der Waals surface area (Å²) in [7, 11) is 0. The maximum absolute atomic E-state index is 5.99. The van der Waals surface area contributed by atoms with Crippen molar-refractivity contribution in [2.75, 3.05) is 11.4 Å². The fraction of sp³-hybridized carbons (Fsp3) is 0.706. The van der Waals surface area contributed by atoms with Gasteiger partial charge in [0.05, 0.1) is 0 Å². The van der Waals surface area contributed by atoms with E-state index in [1.165, 1.54) is 24.8 Å². The van der Waals surface area contributed by atoms with Crippen LogP contribution in [0, 0.1) is 0 Å². The lowest BCUT2D eigenvalue weighted by Crippen LogP contribution is -2.32. The van der Waals surface area contributed by atoms with Gasteiger partial charge in [-0.05, 0) is 44.7 Å². The Morgan fingerprint density at radius 1 is 1.20 bits per heavy atom. The van der Waals surface area contributed by atoms with Crippen LogP contribution in [-0.4, -0.2) is 23.6 Å². The third kappa shape index (κ3) is 5.49. The van der Waals surface area contributed by atoms with Gasteiger partial charge < -0.3 is 10.6 Å². The minimum Gasteiger partial charge on any atom is -0.354 e. The van der Waals surface area contributed by atoms with Crippen molar-refractivity contribution in [2.45, 2.75) is 71.9 Å². The molecule has 0 radical (unpaired) electrons. The number of rotatable bonds is 9. The zero-order chi connectivity index (χ0) is 15.0. The second-order valence-corrected chi connectivity index (χ2v) is 5.89. The van der Waals surface area contributed by atoms with E-state index in [1.807, 2.05) is 6.20 Å². The molecule has 0 saturated carbocycles. The van der Waals surface area contributed by atoms with Crippen LogP contribution in [0.4, 0.5) is 5.82 Å². The summed E-state index contributed by atoms with van der Waals surface area (Å²) in [6.45, 7) is 9.92. The summed E-state index contributed by atoms with van der Waals surface area (Å²) in [5.74, 6) is 1.09. The highest BCUT2D eigenvalue weighted by Crippen LogP contribution is 2.16. The van der Waals surface area contributed by atoms with E-state index in [4.69, 9.17) is 5.73 Å². The number of pyridine rings is 1. The van der Waals surface area contributed by atoms with Gasteiger partial charge in [-0.1, -0.05) is 32.8 Å². The number of hydrogen-bond donors (Lipinski definition) is 1. The smallest absolute Gasteiger partial charge is 0.128 e. The number of unbranched alkanes of at least 4 members (excludes halogenated alkanes) is 2. The van der Waals surface area contributed by atoms with Crippen molar-refractivity contribution in [1.29, 1.82) is 0 Å². The molecule has 0 aliphatic rings. The lowest BCUT2D eigenvalue weighted by Gasteiger charge is -2.28. The lowest BCUT2D eigenvalue weighted by atomic mass is 10.1. The molecule has 0 spiro atoms. The maximum Gasteiger partial charge on any atom is 0.128 e. The van der Waals surface area contributed by atoms with Crippen molar-refractivity contribution in [3.63, 3.8) is 0 Å². The van der Waals surface area contributed by atoms with Gasteiger partial charge in [-0.25, -0.2) is 4.98 Å². The van der Waals surface area contributed by atoms with Gasteiger partial charge in [0.25, 0.3) is 0 Å². The van der Waals surface area contributed by atoms with E-state index < -0.39 is 0 Å². The first-order chi connectivity index (χ1) is 9.58. The van der Waals surface area contributed by atoms with Crippen LogP contribution in [0.3, 0.4) is 0 Å². The third-order valence-corrected chi connectivity index (χ3v) is 3.75. The highest BCUT2D eigenvalue weighted by Gasteiger charge is 2.11. The first kappa shape index (κ1) is 17.0. The highest BCUT2D eigenvalue weighted by molar-refractivity contribution is 5.40. The molecular weight excluding hydrogens is 246 g/mol. The third-order valence-electron chi connectivity index (χ3n) is 3.75. The van der Waals surface area contributed by atoms with E-state index in [-0.39, 0.29) is 6.04 Å². The average Bonchev–Trinajstić information content (AvgIpc) is 2.44. The zero-order valence-electron chi connectivity index (χ0n) is 13.6. The molecule has 3 heteroatoms. The quantitative estimate of drug-likeness (QED) is 0.699. The summed E-state index contributed by atoms with van der Waals surface area (Å²) in [5, 5.41) is 0. The largest absolute Gasteiger partial charge is 0.354 e. The SMILES string of the molecule is CCCCCN(c1ccc(CC(N)CC)cn1)C(C)C. The van der Waals surface area contributed by atoms with Gasteiger partial charge in [0, 0.05) is 24.8 Å². The molecule has 0 aliphatic carbocycles. The van der Waals surface area contributed by atoms with Crippen molar-refractivity contribution < 1.29 is 0 Å². The molecule has 20 heavy (non-hydrogen) atoms. The Bertz CT molecular complexity index is 359. The molecule has 1 heterocycles. The first-order valence-corrected chi connectivity index (χ1v) is 8.05. The Hall–Kier alpha value is -1.09. The Balaban J connectivity index is 2.67. The molecule has 1 unspecified atom stereocenters. The molecule has 0 aliphatic heterocycles. The van der Waals surface area contributed by atoms with Crippen LogP contribution in [0.25, 0.3) is 0 Å². The molecule has 1 aromatic rings. The number of nitrogens with zero attached hydrogens (tertiary/aromatic N) is 2. The molecule has 1 rings (SSSR count). The highest BCUT2D eigenvalue weighted by atomic mass is 15.2. The Morgan fingerprint density at radius 3 is 2.45 bits per heavy atom. The lowest BCUT2D eigenvalue weighted by molar-refractivity contribution is 0.618. The van der Waals surface area contributed by atoms with Crippen molar-refractivity contribution in [1.82, 2.24) is 4.98 Å². The minimum absolute atomic E-state index is 0.244. The molecule has 0 saturated heterocycles. The molecule has 0 aromatic carbocycles. The van der Waals surface area contributed by atoms with Crippen LogP contribution in [0.5, 0.6) is 0 Å². The van der Waals surface area contributed by atoms with Crippen LogP contribution in [-0.2, 0) is 6.42 Å². The second kappa shape index (κ2) is 8.96. The molecule has 114 valence electrons. The molecular formula is C17H31N3. The van der Waals surface area contributed by atoms with Crippen molar-refractivity contribution in [3.05, 3.63) is 23.9 Å². The standard InChI is InChI=1S/C17H31N3/c1-5-7-8-11-20(14(3)4)17-10-9-15(13-19-17)12-16(18)6-2/h9-10,13-14,16H,5-8,11-12,18H2,1-4H3. The Kier molecular flexibility index (Phi) is 7.60. The summed E-state index contributed by atoms with van der Waals surface area (Å²) < 4.78 is 0. The van der Waals surface area contributed by atoms with Gasteiger partial charge in [0.15, 0.2) is 0 Å². The van der Waals surface area contributed by atoms with Gasteiger partial charge in [-0.2, -0.15) is 0 Å². The van der Waals surface area contributed by atoms with Crippen LogP contribution in [0.15, 0.2) is 18.3 Å². The Labute approximate surface area is 124 Å². The molecule has 2 N–H and O–H groups in total. The summed E-state index contributed by atoms with van der Waals surface area (Å²) in [6.07, 6.45) is 7.69. The number of aromatic nitrogens is 1. The van der Waals surface area contributed by atoms with Gasteiger partial charge in [-0.15, -0.1) is 0 Å². The normalized spacial score (nSPS) is 12.7. The van der Waals surface area contributed by atoms with Crippen molar-refractivity contribution in [3.8, 4) is 0 Å². The van der Waals surface area contributed by atoms with E-state index in [0.717, 1.165) is 25.2 Å². The van der Waals surface area contributed by atoms with Crippen LogP contribution < -0.4 is 10.6 Å². The van der Waals surface area contributed by atoms with Crippen molar-refractivity contribution in [2.24, 2.45) is 5.73 Å². The molecule has 1 atom stereocenters. The zero-order valence-corrected chi connectivity index (χ0v) is 13.6. The Morgan fingerprint density at radius 2 is 1.95 bits per heavy atom. The van der Waals surface area contributed by atoms with Gasteiger partial charge >= 0.3 is 0 Å². The first-order valence-electron chi connectivity index (χ1n) is 8.05. The fourth-order valence-electron chi connectivity index (χ4n) is 2.32. The predicted molar refractivity (Wildman–Crippen MR) is 88.2 cm³/mol. The summed E-state index contributed by atoms with van der Waals surface area (Å²) in [5.41, 5.74) is 7.23. The second-order valence-electron chi connectivity index (χ2n) is 5.89. The summed E-state index contributed by atoms with van der Waals surface area (Å²) >= 11 is 0. The predicted octanol–water partition coefficient (Wildman–Crippen LogP) is 3.77.